The standard InChI is InChI=1S/C18H22N2O4/c21-17(4-1-13-6-9-24-10-7-13)19-15-2-3-16-14(11-15)5-8-20(16)12-18(22)23/h2-3,5,8,11,13H,1,4,6-7,9-10,12H2,(H,19,21)(H,22,23). The highest BCUT2D eigenvalue weighted by atomic mass is 16.5. The lowest BCUT2D eigenvalue weighted by molar-refractivity contribution is -0.137. The van der Waals surface area contributed by atoms with Crippen molar-refractivity contribution in [1.82, 2.24) is 4.57 Å². The Balaban J connectivity index is 1.58. The second kappa shape index (κ2) is 7.49. The van der Waals surface area contributed by atoms with Gasteiger partial charge >= 0.3 is 5.97 Å². The molecule has 1 aliphatic rings. The van der Waals surface area contributed by atoms with E-state index in [0.29, 0.717) is 12.3 Å². The average Bonchev–Trinajstić information content (AvgIpc) is 2.95. The predicted octanol–water partition coefficient (Wildman–Crippen LogP) is 2.87. The Hall–Kier alpha value is -2.34. The number of hydrogen-bond acceptors (Lipinski definition) is 3. The Kier molecular flexibility index (Phi) is 5.15. The molecule has 1 fully saturated rings. The number of carbonyl (C=O) groups is 2. The van der Waals surface area contributed by atoms with Gasteiger partial charge in [-0.25, -0.2) is 0 Å². The number of carboxylic acids is 1. The molecule has 0 atom stereocenters. The van der Waals surface area contributed by atoms with Gasteiger partial charge in [-0.05, 0) is 49.4 Å². The number of rotatable bonds is 6. The number of aromatic nitrogens is 1. The fourth-order valence-corrected chi connectivity index (χ4v) is 3.16. The van der Waals surface area contributed by atoms with Gasteiger partial charge in [-0.3, -0.25) is 9.59 Å². The molecule has 0 spiro atoms. The molecule has 0 bridgehead atoms. The highest BCUT2D eigenvalue weighted by molar-refractivity contribution is 5.94. The first-order chi connectivity index (χ1) is 11.6. The lowest BCUT2D eigenvalue weighted by Crippen LogP contribution is -2.18. The molecule has 24 heavy (non-hydrogen) atoms. The van der Waals surface area contributed by atoms with Crippen molar-refractivity contribution >= 4 is 28.5 Å². The fourth-order valence-electron chi connectivity index (χ4n) is 3.16. The van der Waals surface area contributed by atoms with Crippen LogP contribution >= 0.6 is 0 Å². The number of hydrogen-bond donors (Lipinski definition) is 2. The third-order valence-electron chi connectivity index (χ3n) is 4.48. The fraction of sp³-hybridized carbons (Fsp3) is 0.444. The van der Waals surface area contributed by atoms with Crippen LogP contribution in [0.3, 0.4) is 0 Å². The van der Waals surface area contributed by atoms with Gasteiger partial charge in [-0.1, -0.05) is 0 Å². The molecule has 2 heterocycles. The maximum absolute atomic E-state index is 12.1. The summed E-state index contributed by atoms with van der Waals surface area (Å²) in [5.74, 6) is -0.277. The second-order valence-corrected chi connectivity index (χ2v) is 6.25. The summed E-state index contributed by atoms with van der Waals surface area (Å²) in [5.41, 5.74) is 1.59. The minimum Gasteiger partial charge on any atom is -0.480 e. The molecule has 3 rings (SSSR count). The zero-order valence-corrected chi connectivity index (χ0v) is 13.5. The molecule has 0 aliphatic carbocycles. The Labute approximate surface area is 140 Å². The first-order valence-corrected chi connectivity index (χ1v) is 8.30. The van der Waals surface area contributed by atoms with Gasteiger partial charge in [0.15, 0.2) is 0 Å². The first-order valence-electron chi connectivity index (χ1n) is 8.30. The zero-order valence-electron chi connectivity index (χ0n) is 13.5. The molecule has 1 aliphatic heterocycles. The summed E-state index contributed by atoms with van der Waals surface area (Å²) < 4.78 is 7.00. The van der Waals surface area contributed by atoms with E-state index >= 15 is 0 Å². The highest BCUT2D eigenvalue weighted by Crippen LogP contribution is 2.22. The summed E-state index contributed by atoms with van der Waals surface area (Å²) in [5, 5.41) is 12.7. The van der Waals surface area contributed by atoms with Crippen LogP contribution in [0.2, 0.25) is 0 Å². The number of carboxylic acid groups (broad SMARTS) is 1. The van der Waals surface area contributed by atoms with Crippen molar-refractivity contribution in [3.8, 4) is 0 Å². The van der Waals surface area contributed by atoms with E-state index in [4.69, 9.17) is 9.84 Å². The summed E-state index contributed by atoms with van der Waals surface area (Å²) in [6.07, 6.45) is 5.23. The van der Waals surface area contributed by atoms with E-state index in [9.17, 15) is 9.59 Å². The molecular formula is C18H22N2O4. The molecule has 0 saturated carbocycles. The van der Waals surface area contributed by atoms with E-state index in [1.807, 2.05) is 24.3 Å². The van der Waals surface area contributed by atoms with E-state index in [1.165, 1.54) is 0 Å². The molecule has 2 N–H and O–H groups in total. The van der Waals surface area contributed by atoms with Gasteiger partial charge in [0, 0.05) is 42.4 Å². The minimum absolute atomic E-state index is 0.0193. The van der Waals surface area contributed by atoms with Gasteiger partial charge < -0.3 is 19.7 Å². The largest absolute Gasteiger partial charge is 0.480 e. The maximum atomic E-state index is 12.1. The van der Waals surface area contributed by atoms with E-state index in [-0.39, 0.29) is 12.5 Å². The number of amides is 1. The van der Waals surface area contributed by atoms with E-state index in [2.05, 4.69) is 5.32 Å². The molecule has 0 unspecified atom stereocenters. The van der Waals surface area contributed by atoms with Crippen LogP contribution in [0, 0.1) is 5.92 Å². The average molecular weight is 330 g/mol. The number of benzene rings is 1. The quantitative estimate of drug-likeness (QED) is 0.853. The van der Waals surface area contributed by atoms with Crippen molar-refractivity contribution in [1.29, 1.82) is 0 Å². The van der Waals surface area contributed by atoms with Crippen LogP contribution in [0.1, 0.15) is 25.7 Å². The summed E-state index contributed by atoms with van der Waals surface area (Å²) in [6.45, 7) is 1.53. The lowest BCUT2D eigenvalue weighted by atomic mass is 9.95. The van der Waals surface area contributed by atoms with Gasteiger partial charge in [0.1, 0.15) is 6.54 Å². The molecule has 1 saturated heterocycles. The summed E-state index contributed by atoms with van der Waals surface area (Å²) in [4.78, 5) is 23.0. The van der Waals surface area contributed by atoms with Gasteiger partial charge in [0.25, 0.3) is 0 Å². The van der Waals surface area contributed by atoms with Gasteiger partial charge in [-0.15, -0.1) is 0 Å². The molecule has 2 aromatic rings. The van der Waals surface area contributed by atoms with Crippen LogP contribution in [0.25, 0.3) is 10.9 Å². The molecule has 1 aromatic heterocycles. The molecule has 128 valence electrons. The third kappa shape index (κ3) is 4.14. The second-order valence-electron chi connectivity index (χ2n) is 6.25. The predicted molar refractivity (Wildman–Crippen MR) is 91.0 cm³/mol. The first kappa shape index (κ1) is 16.5. The van der Waals surface area contributed by atoms with Crippen molar-refractivity contribution in [2.24, 2.45) is 5.92 Å². The molecule has 1 aromatic carbocycles. The Morgan fingerprint density at radius 1 is 1.25 bits per heavy atom. The zero-order chi connectivity index (χ0) is 16.9. The number of nitrogens with one attached hydrogen (secondary N) is 1. The molecule has 6 nitrogen and oxygen atoms in total. The monoisotopic (exact) mass is 330 g/mol. The lowest BCUT2D eigenvalue weighted by Gasteiger charge is -2.21. The number of ether oxygens (including phenoxy) is 1. The van der Waals surface area contributed by atoms with E-state index in [1.54, 1.807) is 10.8 Å². The number of fused-ring (bicyclic) bond motifs is 1. The topological polar surface area (TPSA) is 80.6 Å². The Morgan fingerprint density at radius 3 is 2.79 bits per heavy atom. The number of carbonyl (C=O) groups excluding carboxylic acids is 1. The van der Waals surface area contributed by atoms with Crippen molar-refractivity contribution < 1.29 is 19.4 Å². The normalized spacial score (nSPS) is 15.5. The third-order valence-corrected chi connectivity index (χ3v) is 4.48. The van der Waals surface area contributed by atoms with Crippen molar-refractivity contribution in [3.05, 3.63) is 30.5 Å². The molecule has 6 heteroatoms. The van der Waals surface area contributed by atoms with E-state index in [0.717, 1.165) is 49.1 Å². The van der Waals surface area contributed by atoms with Gasteiger partial charge in [0.05, 0.1) is 0 Å². The van der Waals surface area contributed by atoms with Crippen LogP contribution in [-0.4, -0.2) is 34.8 Å². The summed E-state index contributed by atoms with van der Waals surface area (Å²) >= 11 is 0. The summed E-state index contributed by atoms with van der Waals surface area (Å²) in [7, 11) is 0. The Bertz CT molecular complexity index is 732. The van der Waals surface area contributed by atoms with Gasteiger partial charge in [-0.2, -0.15) is 0 Å². The Morgan fingerprint density at radius 2 is 2.04 bits per heavy atom. The van der Waals surface area contributed by atoms with Crippen LogP contribution in [0.15, 0.2) is 30.5 Å². The van der Waals surface area contributed by atoms with Crippen LogP contribution in [-0.2, 0) is 20.9 Å². The smallest absolute Gasteiger partial charge is 0.323 e. The van der Waals surface area contributed by atoms with Crippen molar-refractivity contribution in [2.75, 3.05) is 18.5 Å². The molecule has 1 amide bonds. The highest BCUT2D eigenvalue weighted by Gasteiger charge is 2.15. The number of anilines is 1. The summed E-state index contributed by atoms with van der Waals surface area (Å²) in [6, 6.07) is 7.38. The minimum atomic E-state index is -0.877. The van der Waals surface area contributed by atoms with Crippen LogP contribution in [0.4, 0.5) is 5.69 Å². The number of aliphatic carboxylic acids is 1. The molecule has 0 radical (unpaired) electrons. The SMILES string of the molecule is O=C(O)Cn1ccc2cc(NC(=O)CCC3CCOCC3)ccc21. The maximum Gasteiger partial charge on any atom is 0.323 e. The number of nitrogens with zero attached hydrogens (tertiary/aromatic N) is 1. The van der Waals surface area contributed by atoms with Crippen LogP contribution in [0.5, 0.6) is 0 Å². The van der Waals surface area contributed by atoms with E-state index < -0.39 is 5.97 Å². The van der Waals surface area contributed by atoms with Crippen LogP contribution < -0.4 is 5.32 Å². The van der Waals surface area contributed by atoms with Gasteiger partial charge in [0.2, 0.25) is 5.91 Å². The van der Waals surface area contributed by atoms with Crippen molar-refractivity contribution in [3.63, 3.8) is 0 Å². The molecular weight excluding hydrogens is 308 g/mol. The van der Waals surface area contributed by atoms with Crippen molar-refractivity contribution in [2.45, 2.75) is 32.2 Å².